The van der Waals surface area contributed by atoms with Crippen LogP contribution < -0.4 is 15.4 Å². The van der Waals surface area contributed by atoms with Crippen molar-refractivity contribution < 1.29 is 4.74 Å². The van der Waals surface area contributed by atoms with E-state index >= 15 is 0 Å². The Kier molecular flexibility index (Phi) is 7.06. The average molecular weight is 407 g/mol. The number of hydrogen-bond acceptors (Lipinski definition) is 4. The molecule has 2 N–H and O–H groups in total. The number of guanidine groups is 1. The Morgan fingerprint density at radius 3 is 2.57 bits per heavy atom. The highest BCUT2D eigenvalue weighted by Crippen LogP contribution is 2.19. The van der Waals surface area contributed by atoms with Crippen molar-refractivity contribution in [3.05, 3.63) is 70.7 Å². The van der Waals surface area contributed by atoms with Crippen LogP contribution in [0.25, 0.3) is 5.82 Å². The first-order chi connectivity index (χ1) is 14.5. The van der Waals surface area contributed by atoms with E-state index in [0.29, 0.717) is 13.1 Å². The molecular weight excluding hydrogens is 376 g/mol. The summed E-state index contributed by atoms with van der Waals surface area (Å²) >= 11 is 0. The van der Waals surface area contributed by atoms with E-state index in [2.05, 4.69) is 51.7 Å². The Bertz CT molecular complexity index is 1010. The summed E-state index contributed by atoms with van der Waals surface area (Å²) in [5.41, 5.74) is 5.34. The van der Waals surface area contributed by atoms with Crippen LogP contribution in [-0.4, -0.2) is 34.4 Å². The summed E-state index contributed by atoms with van der Waals surface area (Å²) in [6, 6.07) is 12.2. The van der Waals surface area contributed by atoms with Crippen molar-refractivity contribution in [2.24, 2.45) is 4.99 Å². The van der Waals surface area contributed by atoms with Gasteiger partial charge in [-0.05, 0) is 57.0 Å². The van der Waals surface area contributed by atoms with Crippen molar-refractivity contribution in [3.63, 3.8) is 0 Å². The minimum atomic E-state index is 0.533. The number of aliphatic imine (C=N–C) groups is 1. The van der Waals surface area contributed by atoms with Gasteiger partial charge in [0.2, 0.25) is 0 Å². The van der Waals surface area contributed by atoms with Crippen molar-refractivity contribution in [1.29, 1.82) is 0 Å². The number of nitrogens with zero attached hydrogens (tertiary/aromatic N) is 4. The maximum Gasteiger partial charge on any atom is 0.191 e. The van der Waals surface area contributed by atoms with Crippen molar-refractivity contribution in [1.82, 2.24) is 25.4 Å². The molecule has 0 spiro atoms. The number of methoxy groups -OCH3 is 1. The van der Waals surface area contributed by atoms with Crippen molar-refractivity contribution >= 4 is 5.96 Å². The van der Waals surface area contributed by atoms with E-state index in [1.165, 1.54) is 5.56 Å². The van der Waals surface area contributed by atoms with Gasteiger partial charge in [-0.2, -0.15) is 5.10 Å². The molecule has 0 aliphatic heterocycles. The zero-order valence-corrected chi connectivity index (χ0v) is 18.4. The minimum Gasteiger partial charge on any atom is -0.496 e. The number of rotatable bonds is 7. The molecule has 0 aliphatic carbocycles. The van der Waals surface area contributed by atoms with Crippen LogP contribution in [0, 0.1) is 20.8 Å². The normalized spacial score (nSPS) is 11.4. The number of aryl methyl sites for hydroxylation is 3. The van der Waals surface area contributed by atoms with Crippen LogP contribution in [0.4, 0.5) is 0 Å². The molecule has 0 saturated carbocycles. The highest BCUT2D eigenvalue weighted by molar-refractivity contribution is 5.79. The molecule has 0 atom stereocenters. The SMILES string of the molecule is CCNC(=NCc1ccc(-n2nc(C)cc2C)nc1)NCc1ccc(C)cc1OC. The van der Waals surface area contributed by atoms with Gasteiger partial charge in [0.15, 0.2) is 11.8 Å². The Balaban J connectivity index is 1.66. The van der Waals surface area contributed by atoms with Gasteiger partial charge >= 0.3 is 0 Å². The van der Waals surface area contributed by atoms with Crippen LogP contribution in [0.1, 0.15) is 35.0 Å². The number of benzene rings is 1. The third-order valence-corrected chi connectivity index (χ3v) is 4.69. The number of aromatic nitrogens is 3. The summed E-state index contributed by atoms with van der Waals surface area (Å²) in [7, 11) is 1.69. The monoisotopic (exact) mass is 406 g/mol. The molecule has 7 heteroatoms. The Labute approximate surface area is 178 Å². The van der Waals surface area contributed by atoms with E-state index in [1.54, 1.807) is 7.11 Å². The molecule has 2 aromatic heterocycles. The standard InChI is InChI=1S/C23H30N6O/c1-6-24-23(27-15-20-9-7-16(2)11-21(20)30-5)26-14-19-8-10-22(25-13-19)29-18(4)12-17(3)28-29/h7-13H,6,14-15H2,1-5H3,(H2,24,26,27). The highest BCUT2D eigenvalue weighted by Gasteiger charge is 2.06. The summed E-state index contributed by atoms with van der Waals surface area (Å²) in [5.74, 6) is 2.44. The summed E-state index contributed by atoms with van der Waals surface area (Å²) in [6.45, 7) is 10.1. The molecule has 0 aliphatic rings. The second kappa shape index (κ2) is 9.91. The van der Waals surface area contributed by atoms with Gasteiger partial charge in [-0.15, -0.1) is 0 Å². The Hall–Kier alpha value is -3.35. The van der Waals surface area contributed by atoms with Crippen molar-refractivity contribution in [3.8, 4) is 11.6 Å². The van der Waals surface area contributed by atoms with Crippen molar-refractivity contribution in [2.75, 3.05) is 13.7 Å². The van der Waals surface area contributed by atoms with Crippen LogP contribution in [0.3, 0.4) is 0 Å². The van der Waals surface area contributed by atoms with E-state index in [4.69, 9.17) is 4.74 Å². The lowest BCUT2D eigenvalue weighted by atomic mass is 10.1. The molecule has 0 saturated heterocycles. The van der Waals surface area contributed by atoms with Gasteiger partial charge in [0, 0.05) is 30.5 Å². The van der Waals surface area contributed by atoms with Gasteiger partial charge in [-0.3, -0.25) is 0 Å². The van der Waals surface area contributed by atoms with Crippen LogP contribution in [-0.2, 0) is 13.1 Å². The van der Waals surface area contributed by atoms with Gasteiger partial charge in [0.05, 0.1) is 19.3 Å². The predicted octanol–water partition coefficient (Wildman–Crippen LogP) is 3.46. The second-order valence-corrected chi connectivity index (χ2v) is 7.23. The van der Waals surface area contributed by atoms with E-state index in [0.717, 1.165) is 46.6 Å². The van der Waals surface area contributed by atoms with Gasteiger partial charge in [0.25, 0.3) is 0 Å². The quantitative estimate of drug-likeness (QED) is 0.464. The van der Waals surface area contributed by atoms with Crippen LogP contribution >= 0.6 is 0 Å². The molecule has 2 heterocycles. The number of pyridine rings is 1. The van der Waals surface area contributed by atoms with Crippen molar-refractivity contribution in [2.45, 2.75) is 40.8 Å². The highest BCUT2D eigenvalue weighted by atomic mass is 16.5. The van der Waals surface area contributed by atoms with Crippen LogP contribution in [0.15, 0.2) is 47.6 Å². The third-order valence-electron chi connectivity index (χ3n) is 4.69. The molecule has 7 nitrogen and oxygen atoms in total. The molecule has 0 fully saturated rings. The third kappa shape index (κ3) is 5.37. The summed E-state index contributed by atoms with van der Waals surface area (Å²) in [4.78, 5) is 9.23. The lowest BCUT2D eigenvalue weighted by Crippen LogP contribution is -2.36. The Morgan fingerprint density at radius 2 is 1.93 bits per heavy atom. The molecule has 0 bridgehead atoms. The molecule has 1 aromatic carbocycles. The lowest BCUT2D eigenvalue weighted by molar-refractivity contribution is 0.408. The second-order valence-electron chi connectivity index (χ2n) is 7.23. The fraction of sp³-hybridized carbons (Fsp3) is 0.348. The van der Waals surface area contributed by atoms with E-state index in [9.17, 15) is 0 Å². The summed E-state index contributed by atoms with van der Waals surface area (Å²) in [6.07, 6.45) is 1.85. The topological polar surface area (TPSA) is 76.4 Å². The predicted molar refractivity (Wildman–Crippen MR) is 120 cm³/mol. The first kappa shape index (κ1) is 21.4. The average Bonchev–Trinajstić information content (AvgIpc) is 3.09. The van der Waals surface area contributed by atoms with Gasteiger partial charge in [0.1, 0.15) is 5.75 Å². The molecule has 0 radical (unpaired) electrons. The molecular formula is C23H30N6O. The molecule has 3 rings (SSSR count). The van der Waals surface area contributed by atoms with E-state index < -0.39 is 0 Å². The molecule has 158 valence electrons. The molecule has 0 amide bonds. The lowest BCUT2D eigenvalue weighted by Gasteiger charge is -2.14. The number of ether oxygens (including phenoxy) is 1. The fourth-order valence-electron chi connectivity index (χ4n) is 3.19. The smallest absolute Gasteiger partial charge is 0.191 e. The molecule has 0 unspecified atom stereocenters. The largest absolute Gasteiger partial charge is 0.496 e. The summed E-state index contributed by atoms with van der Waals surface area (Å²) in [5, 5.41) is 11.1. The molecule has 30 heavy (non-hydrogen) atoms. The first-order valence-corrected chi connectivity index (χ1v) is 10.1. The maximum atomic E-state index is 5.49. The fourth-order valence-corrected chi connectivity index (χ4v) is 3.19. The molecule has 3 aromatic rings. The van der Waals surface area contributed by atoms with E-state index in [1.807, 2.05) is 49.0 Å². The zero-order valence-electron chi connectivity index (χ0n) is 18.4. The number of hydrogen-bond donors (Lipinski definition) is 2. The first-order valence-electron chi connectivity index (χ1n) is 10.1. The minimum absolute atomic E-state index is 0.533. The maximum absolute atomic E-state index is 5.49. The van der Waals surface area contributed by atoms with Crippen LogP contribution in [0.2, 0.25) is 0 Å². The van der Waals surface area contributed by atoms with Gasteiger partial charge in [-0.25, -0.2) is 14.7 Å². The summed E-state index contributed by atoms with van der Waals surface area (Å²) < 4.78 is 7.34. The van der Waals surface area contributed by atoms with Gasteiger partial charge < -0.3 is 15.4 Å². The van der Waals surface area contributed by atoms with Gasteiger partial charge in [-0.1, -0.05) is 18.2 Å². The zero-order chi connectivity index (χ0) is 21.5. The Morgan fingerprint density at radius 1 is 1.10 bits per heavy atom. The van der Waals surface area contributed by atoms with E-state index in [-0.39, 0.29) is 0 Å². The number of nitrogens with one attached hydrogen (secondary N) is 2. The van der Waals surface area contributed by atoms with Crippen LogP contribution in [0.5, 0.6) is 5.75 Å².